The van der Waals surface area contributed by atoms with E-state index in [4.69, 9.17) is 9.47 Å². The highest BCUT2D eigenvalue weighted by Crippen LogP contribution is 2.41. The van der Waals surface area contributed by atoms with Gasteiger partial charge in [0, 0.05) is 5.92 Å². The Morgan fingerprint density at radius 1 is 1.00 bits per heavy atom. The summed E-state index contributed by atoms with van der Waals surface area (Å²) in [7, 11) is 0. The minimum absolute atomic E-state index is 0.0601. The largest absolute Gasteiger partial charge is 0.444 e. The number of likely N-dealkylation sites (tertiary alicyclic amines) is 1. The number of carbonyl (C=O) groups excluding carboxylic acids is 1. The van der Waals surface area contributed by atoms with Crippen molar-refractivity contribution >= 4 is 6.09 Å². The molecular formula is C26H29F6NO4. The third-order valence-corrected chi connectivity index (χ3v) is 6.05. The molecule has 1 fully saturated rings. The van der Waals surface area contributed by atoms with Crippen molar-refractivity contribution in [1.82, 2.24) is 4.90 Å². The molecule has 1 N–H and O–H groups in total. The molecule has 0 spiro atoms. The fourth-order valence-corrected chi connectivity index (χ4v) is 4.42. The number of amides is 1. The summed E-state index contributed by atoms with van der Waals surface area (Å²) in [6, 6.07) is 9.26. The molecule has 2 aromatic rings. The molecule has 0 aliphatic carbocycles. The van der Waals surface area contributed by atoms with Gasteiger partial charge in [-0.05, 0) is 57.0 Å². The van der Waals surface area contributed by atoms with Gasteiger partial charge in [-0.25, -0.2) is 4.79 Å². The lowest BCUT2D eigenvalue weighted by atomic mass is 9.90. The molecule has 0 saturated carbocycles. The number of aliphatic hydroxyl groups is 1. The van der Waals surface area contributed by atoms with Crippen molar-refractivity contribution in [3.8, 4) is 0 Å². The van der Waals surface area contributed by atoms with Crippen molar-refractivity contribution in [1.29, 1.82) is 0 Å². The molecule has 3 rings (SSSR count). The van der Waals surface area contributed by atoms with E-state index in [1.54, 1.807) is 51.1 Å². The molecule has 1 heterocycles. The molecular weight excluding hydrogens is 504 g/mol. The van der Waals surface area contributed by atoms with Crippen molar-refractivity contribution in [3.05, 3.63) is 70.8 Å². The lowest BCUT2D eigenvalue weighted by Crippen LogP contribution is -2.42. The molecule has 37 heavy (non-hydrogen) atoms. The summed E-state index contributed by atoms with van der Waals surface area (Å²) in [5.74, 6) is -0.617. The Bertz CT molecular complexity index is 1050. The minimum Gasteiger partial charge on any atom is -0.444 e. The smallest absolute Gasteiger partial charge is 0.416 e. The molecule has 1 aliphatic rings. The van der Waals surface area contributed by atoms with Crippen molar-refractivity contribution < 1.29 is 45.7 Å². The second-order valence-electron chi connectivity index (χ2n) is 9.98. The second kappa shape index (κ2) is 10.5. The number of rotatable bonds is 5. The number of hydrogen-bond acceptors (Lipinski definition) is 4. The standard InChI is InChI=1S/C26H29F6NO4/c1-15(17-10-18(25(27,28)29)12-19(11-17)26(30,31)32)36-21-13-33(23(35)37-24(2,3)4)20(14-34)22(21)16-8-6-5-7-9-16/h5-12,15,20-22,34H,13-14H2,1-4H3. The van der Waals surface area contributed by atoms with Crippen LogP contribution in [-0.2, 0) is 21.8 Å². The number of aliphatic hydroxyl groups excluding tert-OH is 1. The van der Waals surface area contributed by atoms with E-state index in [2.05, 4.69) is 0 Å². The Morgan fingerprint density at radius 3 is 2.00 bits per heavy atom. The predicted octanol–water partition coefficient (Wildman–Crippen LogP) is 6.57. The van der Waals surface area contributed by atoms with Crippen LogP contribution in [0.25, 0.3) is 0 Å². The molecule has 1 aliphatic heterocycles. The van der Waals surface area contributed by atoms with Crippen molar-refractivity contribution in [2.24, 2.45) is 0 Å². The Hall–Kier alpha value is -2.79. The quantitative estimate of drug-likeness (QED) is 0.442. The monoisotopic (exact) mass is 533 g/mol. The molecule has 0 radical (unpaired) electrons. The average molecular weight is 534 g/mol. The second-order valence-corrected chi connectivity index (χ2v) is 9.98. The normalized spacial score (nSPS) is 21.7. The number of hydrogen-bond donors (Lipinski definition) is 1. The summed E-state index contributed by atoms with van der Waals surface area (Å²) in [6.07, 6.45) is -12.8. The third kappa shape index (κ3) is 6.95. The van der Waals surface area contributed by atoms with Gasteiger partial charge in [0.05, 0.1) is 42.5 Å². The first kappa shape index (κ1) is 28.8. The van der Waals surface area contributed by atoms with E-state index in [0.717, 1.165) is 0 Å². The van der Waals surface area contributed by atoms with Gasteiger partial charge >= 0.3 is 18.4 Å². The van der Waals surface area contributed by atoms with E-state index in [-0.39, 0.29) is 18.2 Å². The SMILES string of the molecule is CC(OC1CN(C(=O)OC(C)(C)C)C(CO)C1c1ccccc1)c1cc(C(F)(F)F)cc(C(F)(F)F)c1. The summed E-state index contributed by atoms with van der Waals surface area (Å²) in [6.45, 7) is 5.81. The summed E-state index contributed by atoms with van der Waals surface area (Å²) < 4.78 is 91.7. The Labute approximate surface area is 211 Å². The van der Waals surface area contributed by atoms with Crippen molar-refractivity contribution in [3.63, 3.8) is 0 Å². The van der Waals surface area contributed by atoms with Crippen LogP contribution in [0.2, 0.25) is 0 Å². The predicted molar refractivity (Wildman–Crippen MR) is 123 cm³/mol. The first-order chi connectivity index (χ1) is 17.0. The van der Waals surface area contributed by atoms with Crippen LogP contribution in [0.3, 0.4) is 0 Å². The van der Waals surface area contributed by atoms with Crippen LogP contribution in [0.15, 0.2) is 48.5 Å². The van der Waals surface area contributed by atoms with Gasteiger partial charge in [-0.3, -0.25) is 4.90 Å². The van der Waals surface area contributed by atoms with Crippen LogP contribution >= 0.6 is 0 Å². The first-order valence-electron chi connectivity index (χ1n) is 11.6. The highest BCUT2D eigenvalue weighted by atomic mass is 19.4. The van der Waals surface area contributed by atoms with Gasteiger partial charge in [0.2, 0.25) is 0 Å². The van der Waals surface area contributed by atoms with E-state index in [0.29, 0.717) is 17.7 Å². The fraction of sp³-hybridized carbons (Fsp3) is 0.500. The number of alkyl halides is 6. The van der Waals surface area contributed by atoms with Crippen LogP contribution < -0.4 is 0 Å². The number of carbonyl (C=O) groups is 1. The van der Waals surface area contributed by atoms with E-state index in [9.17, 15) is 36.2 Å². The lowest BCUT2D eigenvalue weighted by Gasteiger charge is -2.29. The van der Waals surface area contributed by atoms with Gasteiger partial charge in [-0.15, -0.1) is 0 Å². The zero-order valence-corrected chi connectivity index (χ0v) is 20.7. The maximum absolute atomic E-state index is 13.4. The fourth-order valence-electron chi connectivity index (χ4n) is 4.42. The number of ether oxygens (including phenoxy) is 2. The maximum Gasteiger partial charge on any atom is 0.416 e. The summed E-state index contributed by atoms with van der Waals surface area (Å²) in [5.41, 5.74) is -3.35. The molecule has 4 unspecified atom stereocenters. The van der Waals surface area contributed by atoms with Gasteiger partial charge in [0.25, 0.3) is 0 Å². The Morgan fingerprint density at radius 2 is 1.54 bits per heavy atom. The zero-order valence-electron chi connectivity index (χ0n) is 20.7. The van der Waals surface area contributed by atoms with Gasteiger partial charge in [-0.2, -0.15) is 26.3 Å². The minimum atomic E-state index is -4.99. The average Bonchev–Trinajstić information content (AvgIpc) is 3.15. The van der Waals surface area contributed by atoms with Gasteiger partial charge < -0.3 is 14.6 Å². The molecule has 11 heteroatoms. The highest BCUT2D eigenvalue weighted by molar-refractivity contribution is 5.69. The lowest BCUT2D eigenvalue weighted by molar-refractivity contribution is -0.143. The third-order valence-electron chi connectivity index (χ3n) is 6.05. The van der Waals surface area contributed by atoms with Crippen LogP contribution in [0.5, 0.6) is 0 Å². The highest BCUT2D eigenvalue weighted by Gasteiger charge is 2.47. The molecule has 1 amide bonds. The summed E-state index contributed by atoms with van der Waals surface area (Å²) in [5, 5.41) is 10.2. The summed E-state index contributed by atoms with van der Waals surface area (Å²) >= 11 is 0. The first-order valence-corrected chi connectivity index (χ1v) is 11.6. The van der Waals surface area contributed by atoms with Crippen LogP contribution in [-0.4, -0.2) is 47.0 Å². The Balaban J connectivity index is 1.99. The Kier molecular flexibility index (Phi) is 8.19. The molecule has 204 valence electrons. The van der Waals surface area contributed by atoms with Gasteiger partial charge in [-0.1, -0.05) is 30.3 Å². The number of halogens is 6. The van der Waals surface area contributed by atoms with E-state index in [1.807, 2.05) is 0 Å². The van der Waals surface area contributed by atoms with Crippen molar-refractivity contribution in [2.75, 3.05) is 13.2 Å². The van der Waals surface area contributed by atoms with Gasteiger partial charge in [0.1, 0.15) is 5.60 Å². The van der Waals surface area contributed by atoms with Crippen LogP contribution in [0.4, 0.5) is 31.1 Å². The molecule has 4 atom stereocenters. The van der Waals surface area contributed by atoms with E-state index < -0.39 is 65.9 Å². The number of benzene rings is 2. The summed E-state index contributed by atoms with van der Waals surface area (Å²) in [4.78, 5) is 14.2. The number of nitrogens with zero attached hydrogens (tertiary/aromatic N) is 1. The van der Waals surface area contributed by atoms with E-state index >= 15 is 0 Å². The van der Waals surface area contributed by atoms with Crippen LogP contribution in [0, 0.1) is 0 Å². The molecule has 0 aromatic heterocycles. The molecule has 2 aromatic carbocycles. The molecule has 0 bridgehead atoms. The van der Waals surface area contributed by atoms with Crippen molar-refractivity contribution in [2.45, 2.75) is 69.8 Å². The zero-order chi connectivity index (χ0) is 27.8. The van der Waals surface area contributed by atoms with Gasteiger partial charge in [0.15, 0.2) is 0 Å². The maximum atomic E-state index is 13.4. The molecule has 5 nitrogen and oxygen atoms in total. The topological polar surface area (TPSA) is 59.0 Å². The van der Waals surface area contributed by atoms with Crippen LogP contribution in [0.1, 0.15) is 62.0 Å². The molecule has 1 saturated heterocycles. The van der Waals surface area contributed by atoms with E-state index in [1.165, 1.54) is 11.8 Å².